The molecule has 2 heterocycles. The van der Waals surface area contributed by atoms with Crippen LogP contribution in [-0.2, 0) is 0 Å². The predicted octanol–water partition coefficient (Wildman–Crippen LogP) is 5.60. The van der Waals surface area contributed by atoms with E-state index in [1.807, 2.05) is 60.7 Å². The molecule has 128 valence electrons. The Labute approximate surface area is 150 Å². The van der Waals surface area contributed by atoms with Crippen LogP contribution in [0.25, 0.3) is 28.4 Å². The molecule has 0 amide bonds. The van der Waals surface area contributed by atoms with Gasteiger partial charge in [-0.25, -0.2) is 0 Å². The zero-order chi connectivity index (χ0) is 17.9. The molecule has 4 aromatic rings. The summed E-state index contributed by atoms with van der Waals surface area (Å²) in [7, 11) is 1.63. The molecule has 0 aliphatic rings. The molecule has 0 saturated heterocycles. The molecule has 0 fully saturated rings. The van der Waals surface area contributed by atoms with E-state index in [0.717, 1.165) is 22.5 Å². The zero-order valence-corrected chi connectivity index (χ0v) is 14.1. The van der Waals surface area contributed by atoms with Crippen LogP contribution in [0.5, 0.6) is 5.75 Å². The summed E-state index contributed by atoms with van der Waals surface area (Å²) in [5.41, 5.74) is 1.64. The molecule has 2 aromatic carbocycles. The standard InChI is InChI=1S/C22H16O4/c1-24-17-8-6-15(7-9-17)21-13-11-18(25-21)10-12-19(23)22-14-16-4-2-3-5-20(16)26-22/h2-14H,1H3/b12-10+. The van der Waals surface area contributed by atoms with Crippen LogP contribution in [0.4, 0.5) is 0 Å². The van der Waals surface area contributed by atoms with Gasteiger partial charge in [0.05, 0.1) is 7.11 Å². The molecule has 0 unspecified atom stereocenters. The quantitative estimate of drug-likeness (QED) is 0.349. The fourth-order valence-corrected chi connectivity index (χ4v) is 2.70. The van der Waals surface area contributed by atoms with Gasteiger partial charge in [0.2, 0.25) is 5.78 Å². The van der Waals surface area contributed by atoms with Crippen molar-refractivity contribution in [3.8, 4) is 17.1 Å². The average Bonchev–Trinajstić information content (AvgIpc) is 3.33. The zero-order valence-electron chi connectivity index (χ0n) is 14.1. The summed E-state index contributed by atoms with van der Waals surface area (Å²) in [5.74, 6) is 2.22. The number of benzene rings is 2. The van der Waals surface area contributed by atoms with Crippen molar-refractivity contribution >= 4 is 22.8 Å². The molecule has 0 radical (unpaired) electrons. The van der Waals surface area contributed by atoms with E-state index in [0.29, 0.717) is 17.1 Å². The fraction of sp³-hybridized carbons (Fsp3) is 0.0455. The van der Waals surface area contributed by atoms with E-state index >= 15 is 0 Å². The molecule has 0 aliphatic carbocycles. The van der Waals surface area contributed by atoms with Gasteiger partial charge in [-0.05, 0) is 60.7 Å². The number of ether oxygens (including phenoxy) is 1. The van der Waals surface area contributed by atoms with Gasteiger partial charge in [0.1, 0.15) is 22.9 Å². The highest BCUT2D eigenvalue weighted by Gasteiger charge is 2.10. The minimum Gasteiger partial charge on any atom is -0.497 e. The molecule has 4 heteroatoms. The number of hydrogen-bond donors (Lipinski definition) is 0. The second kappa shape index (κ2) is 6.76. The average molecular weight is 344 g/mol. The number of carbonyl (C=O) groups is 1. The van der Waals surface area contributed by atoms with Gasteiger partial charge in [0.15, 0.2) is 5.76 Å². The molecule has 0 atom stereocenters. The predicted molar refractivity (Wildman–Crippen MR) is 100 cm³/mol. The van der Waals surface area contributed by atoms with Crippen LogP contribution in [0.3, 0.4) is 0 Å². The third kappa shape index (κ3) is 3.17. The molecule has 0 N–H and O–H groups in total. The Morgan fingerprint density at radius 1 is 0.962 bits per heavy atom. The summed E-state index contributed by atoms with van der Waals surface area (Å²) in [6.07, 6.45) is 3.09. The SMILES string of the molecule is COc1ccc(-c2ccc(/C=C/C(=O)c3cc4ccccc4o3)o2)cc1. The topological polar surface area (TPSA) is 52.6 Å². The number of rotatable bonds is 5. The summed E-state index contributed by atoms with van der Waals surface area (Å²) in [6, 6.07) is 20.6. The Hall–Kier alpha value is -3.53. The van der Waals surface area contributed by atoms with E-state index in [4.69, 9.17) is 13.6 Å². The van der Waals surface area contributed by atoms with Gasteiger partial charge >= 0.3 is 0 Å². The second-order valence-electron chi connectivity index (χ2n) is 5.78. The molecule has 0 saturated carbocycles. The Bertz CT molecular complexity index is 1050. The third-order valence-electron chi connectivity index (χ3n) is 4.07. The molecule has 4 rings (SSSR count). The maximum atomic E-state index is 12.3. The number of allylic oxidation sites excluding steroid dienone is 1. The van der Waals surface area contributed by atoms with Gasteiger partial charge in [-0.1, -0.05) is 18.2 Å². The van der Waals surface area contributed by atoms with Crippen molar-refractivity contribution < 1.29 is 18.4 Å². The van der Waals surface area contributed by atoms with E-state index in [9.17, 15) is 4.79 Å². The monoisotopic (exact) mass is 344 g/mol. The first-order valence-corrected chi connectivity index (χ1v) is 8.18. The van der Waals surface area contributed by atoms with Crippen LogP contribution in [-0.4, -0.2) is 12.9 Å². The summed E-state index contributed by atoms with van der Waals surface area (Å²) < 4.78 is 16.5. The summed E-state index contributed by atoms with van der Waals surface area (Å²) in [6.45, 7) is 0. The van der Waals surface area contributed by atoms with Crippen LogP contribution in [0.2, 0.25) is 0 Å². The Morgan fingerprint density at radius 2 is 1.77 bits per heavy atom. The van der Waals surface area contributed by atoms with Crippen LogP contribution in [0.15, 0.2) is 81.6 Å². The molecule has 2 aromatic heterocycles. The second-order valence-corrected chi connectivity index (χ2v) is 5.78. The number of methoxy groups -OCH3 is 1. The molecule has 0 bridgehead atoms. The largest absolute Gasteiger partial charge is 0.497 e. The molecular weight excluding hydrogens is 328 g/mol. The van der Waals surface area contributed by atoms with E-state index in [2.05, 4.69) is 0 Å². The van der Waals surface area contributed by atoms with Crippen molar-refractivity contribution in [1.82, 2.24) is 0 Å². The van der Waals surface area contributed by atoms with Gasteiger partial charge in [0, 0.05) is 10.9 Å². The van der Waals surface area contributed by atoms with Crippen molar-refractivity contribution in [1.29, 1.82) is 0 Å². The van der Waals surface area contributed by atoms with Crippen LogP contribution < -0.4 is 4.74 Å². The smallest absolute Gasteiger partial charge is 0.221 e. The van der Waals surface area contributed by atoms with Gasteiger partial charge < -0.3 is 13.6 Å². The van der Waals surface area contributed by atoms with Gasteiger partial charge in [-0.2, -0.15) is 0 Å². The van der Waals surface area contributed by atoms with Crippen molar-refractivity contribution in [3.63, 3.8) is 0 Å². The van der Waals surface area contributed by atoms with E-state index < -0.39 is 0 Å². The van der Waals surface area contributed by atoms with Crippen molar-refractivity contribution in [2.45, 2.75) is 0 Å². The Kier molecular flexibility index (Phi) is 4.15. The van der Waals surface area contributed by atoms with Crippen molar-refractivity contribution in [2.24, 2.45) is 0 Å². The molecule has 0 aliphatic heterocycles. The van der Waals surface area contributed by atoms with Gasteiger partial charge in [0.25, 0.3) is 0 Å². The van der Waals surface area contributed by atoms with E-state index in [-0.39, 0.29) is 5.78 Å². The lowest BCUT2D eigenvalue weighted by Gasteiger charge is -2.00. The van der Waals surface area contributed by atoms with E-state index in [1.54, 1.807) is 19.3 Å². The maximum absolute atomic E-state index is 12.3. The number of furan rings is 2. The molecule has 4 nitrogen and oxygen atoms in total. The lowest BCUT2D eigenvalue weighted by molar-refractivity contribution is 0.102. The van der Waals surface area contributed by atoms with Crippen molar-refractivity contribution in [3.05, 3.63) is 84.3 Å². The fourth-order valence-electron chi connectivity index (χ4n) is 2.70. The lowest BCUT2D eigenvalue weighted by Crippen LogP contribution is -1.89. The molecular formula is C22H16O4. The normalized spacial score (nSPS) is 11.3. The summed E-state index contributed by atoms with van der Waals surface area (Å²) in [5, 5.41) is 0.907. The maximum Gasteiger partial charge on any atom is 0.221 e. The van der Waals surface area contributed by atoms with Gasteiger partial charge in [-0.15, -0.1) is 0 Å². The minimum atomic E-state index is -0.205. The summed E-state index contributed by atoms with van der Waals surface area (Å²) >= 11 is 0. The van der Waals surface area contributed by atoms with E-state index in [1.165, 1.54) is 6.08 Å². The Balaban J connectivity index is 1.51. The number of carbonyl (C=O) groups excluding carboxylic acids is 1. The first-order chi connectivity index (χ1) is 12.7. The van der Waals surface area contributed by atoms with Gasteiger partial charge in [-0.3, -0.25) is 4.79 Å². The highest BCUT2D eigenvalue weighted by atomic mass is 16.5. The minimum absolute atomic E-state index is 0.205. The number of para-hydroxylation sites is 1. The van der Waals surface area contributed by atoms with Crippen LogP contribution in [0, 0.1) is 0 Å². The van der Waals surface area contributed by atoms with Crippen LogP contribution >= 0.6 is 0 Å². The highest BCUT2D eigenvalue weighted by Crippen LogP contribution is 2.25. The van der Waals surface area contributed by atoms with Crippen molar-refractivity contribution in [2.75, 3.05) is 7.11 Å². The molecule has 0 spiro atoms. The summed E-state index contributed by atoms with van der Waals surface area (Å²) in [4.78, 5) is 12.3. The highest BCUT2D eigenvalue weighted by molar-refractivity contribution is 6.06. The number of hydrogen-bond acceptors (Lipinski definition) is 4. The third-order valence-corrected chi connectivity index (χ3v) is 4.07. The lowest BCUT2D eigenvalue weighted by atomic mass is 10.2. The first-order valence-electron chi connectivity index (χ1n) is 8.18. The number of fused-ring (bicyclic) bond motifs is 1. The number of ketones is 1. The Morgan fingerprint density at radius 3 is 2.54 bits per heavy atom. The van der Waals surface area contributed by atoms with Crippen LogP contribution in [0.1, 0.15) is 16.3 Å². The molecule has 26 heavy (non-hydrogen) atoms. The first kappa shape index (κ1) is 16.0.